The first-order chi connectivity index (χ1) is 9.37. The van der Waals surface area contributed by atoms with Crippen LogP contribution in [0.4, 0.5) is 13.2 Å². The zero-order chi connectivity index (χ0) is 14.8. The van der Waals surface area contributed by atoms with Gasteiger partial charge in [-0.25, -0.2) is 0 Å². The van der Waals surface area contributed by atoms with E-state index in [1.165, 1.54) is 0 Å². The van der Waals surface area contributed by atoms with E-state index in [9.17, 15) is 18.0 Å². The summed E-state index contributed by atoms with van der Waals surface area (Å²) in [5, 5.41) is 5.76. The molecule has 5 nitrogen and oxygen atoms in total. The van der Waals surface area contributed by atoms with Gasteiger partial charge in [0.05, 0.1) is 6.04 Å². The fraction of sp³-hybridized carbons (Fsp3) is 0.700. The van der Waals surface area contributed by atoms with E-state index in [0.717, 1.165) is 18.0 Å². The predicted molar refractivity (Wildman–Crippen MR) is 67.4 cm³/mol. The third-order valence-corrected chi connectivity index (χ3v) is 3.98. The number of aromatic nitrogens is 2. The van der Waals surface area contributed by atoms with Gasteiger partial charge in [0.15, 0.2) is 0 Å². The topological polar surface area (TPSA) is 58.1 Å². The van der Waals surface area contributed by atoms with Crippen molar-refractivity contribution in [2.24, 2.45) is 0 Å². The highest BCUT2D eigenvalue weighted by Crippen LogP contribution is 2.24. The number of nitrogens with one attached hydrogen (secondary N) is 1. The predicted octanol–water partition coefficient (Wildman–Crippen LogP) is 1.83. The van der Waals surface area contributed by atoms with Gasteiger partial charge in [-0.3, -0.25) is 9.69 Å². The number of hydrogen-bond donors (Lipinski definition) is 1. The van der Waals surface area contributed by atoms with Crippen LogP contribution < -0.4 is 5.32 Å². The lowest BCUT2D eigenvalue weighted by Gasteiger charge is -2.23. The van der Waals surface area contributed by atoms with E-state index in [4.69, 9.17) is 11.6 Å². The molecule has 10 heteroatoms. The summed E-state index contributed by atoms with van der Waals surface area (Å²) in [6, 6.07) is -0.574. The number of hydrogen-bond acceptors (Lipinski definition) is 5. The lowest BCUT2D eigenvalue weighted by Crippen LogP contribution is -2.45. The van der Waals surface area contributed by atoms with Crippen LogP contribution >= 0.6 is 23.1 Å². The number of nitrogens with zero attached hydrogens (tertiary/aromatic N) is 3. The van der Waals surface area contributed by atoms with Crippen molar-refractivity contribution in [3.05, 3.63) is 10.0 Å². The third kappa shape index (κ3) is 4.03. The molecule has 1 atom stereocenters. The van der Waals surface area contributed by atoms with Crippen LogP contribution in [-0.4, -0.2) is 45.7 Å². The second kappa shape index (κ2) is 6.23. The van der Waals surface area contributed by atoms with Crippen LogP contribution in [0.2, 0.25) is 4.34 Å². The Morgan fingerprint density at radius 2 is 2.30 bits per heavy atom. The van der Waals surface area contributed by atoms with Crippen LogP contribution in [0.15, 0.2) is 0 Å². The Morgan fingerprint density at radius 1 is 1.55 bits per heavy atom. The van der Waals surface area contributed by atoms with Crippen molar-refractivity contribution in [3.63, 3.8) is 0 Å². The minimum Gasteiger partial charge on any atom is -0.346 e. The second-order valence-electron chi connectivity index (χ2n) is 4.45. The van der Waals surface area contributed by atoms with Gasteiger partial charge in [0.25, 0.3) is 0 Å². The summed E-state index contributed by atoms with van der Waals surface area (Å²) < 4.78 is 40.4. The molecule has 1 fully saturated rings. The molecular weight excluding hydrogens is 317 g/mol. The van der Waals surface area contributed by atoms with Gasteiger partial charge >= 0.3 is 6.18 Å². The highest BCUT2D eigenvalue weighted by Gasteiger charge is 2.34. The van der Waals surface area contributed by atoms with Gasteiger partial charge in [0.2, 0.25) is 5.91 Å². The zero-order valence-corrected chi connectivity index (χ0v) is 11.9. The monoisotopic (exact) mass is 328 g/mol. The van der Waals surface area contributed by atoms with Crippen molar-refractivity contribution >= 4 is 29.0 Å². The van der Waals surface area contributed by atoms with Gasteiger partial charge in [-0.15, -0.1) is 5.10 Å². The van der Waals surface area contributed by atoms with Crippen molar-refractivity contribution in [1.29, 1.82) is 0 Å². The van der Waals surface area contributed by atoms with Crippen molar-refractivity contribution in [3.8, 4) is 0 Å². The molecule has 1 saturated heterocycles. The minimum atomic E-state index is -4.40. The summed E-state index contributed by atoms with van der Waals surface area (Å²) in [7, 11) is 0. The lowest BCUT2D eigenvalue weighted by molar-refractivity contribution is -0.141. The van der Waals surface area contributed by atoms with Crippen LogP contribution in [0.25, 0.3) is 0 Å². The van der Waals surface area contributed by atoms with Crippen LogP contribution in [0.1, 0.15) is 18.5 Å². The fourth-order valence-electron chi connectivity index (χ4n) is 2.10. The first-order valence-corrected chi connectivity index (χ1v) is 7.07. The maximum Gasteiger partial charge on any atom is 0.405 e. The summed E-state index contributed by atoms with van der Waals surface area (Å²) >= 11 is 6.92. The Hall–Kier alpha value is -0.930. The minimum absolute atomic E-state index is 0.319. The summed E-state index contributed by atoms with van der Waals surface area (Å²) in [5.41, 5.74) is 0.548. The molecule has 20 heavy (non-hydrogen) atoms. The summed E-state index contributed by atoms with van der Waals surface area (Å²) in [5.74, 6) is -0.612. The molecule has 1 aliphatic heterocycles. The molecule has 1 amide bonds. The molecule has 0 aromatic carbocycles. The van der Waals surface area contributed by atoms with Crippen molar-refractivity contribution in [2.45, 2.75) is 31.6 Å². The maximum atomic E-state index is 12.1. The van der Waals surface area contributed by atoms with Gasteiger partial charge < -0.3 is 5.32 Å². The highest BCUT2D eigenvalue weighted by atomic mass is 35.5. The molecule has 1 N–H and O–H groups in total. The van der Waals surface area contributed by atoms with E-state index in [2.05, 4.69) is 9.59 Å². The van der Waals surface area contributed by atoms with E-state index in [1.807, 2.05) is 5.32 Å². The summed E-state index contributed by atoms with van der Waals surface area (Å²) in [6.45, 7) is -0.368. The molecule has 2 heterocycles. The fourth-order valence-corrected chi connectivity index (χ4v) is 2.71. The highest BCUT2D eigenvalue weighted by molar-refractivity contribution is 7.10. The van der Waals surface area contributed by atoms with Crippen LogP contribution in [0, 0.1) is 0 Å². The maximum absolute atomic E-state index is 12.1. The number of halogens is 4. The number of likely N-dealkylation sites (tertiary alicyclic amines) is 1. The number of carbonyl (C=O) groups excluding carboxylic acids is 1. The normalized spacial score (nSPS) is 20.3. The molecule has 0 bridgehead atoms. The van der Waals surface area contributed by atoms with Crippen molar-refractivity contribution < 1.29 is 18.0 Å². The van der Waals surface area contributed by atoms with Gasteiger partial charge in [-0.05, 0) is 19.4 Å². The SMILES string of the molecule is O=C(NCC(F)(F)F)[C@@H]1CCCN1Cc1nnsc1Cl. The molecule has 0 saturated carbocycles. The van der Waals surface area contributed by atoms with Crippen molar-refractivity contribution in [1.82, 2.24) is 19.8 Å². The molecule has 2 rings (SSSR count). The molecule has 1 aliphatic rings. The molecule has 0 spiro atoms. The molecule has 0 unspecified atom stereocenters. The standard InChI is InChI=1S/C10H12ClF3N4OS/c11-8-6(16-17-20-8)4-18-3-1-2-7(18)9(19)15-5-10(12,13)14/h7H,1-5H2,(H,15,19)/t7-/m0/s1. The van der Waals surface area contributed by atoms with E-state index >= 15 is 0 Å². The lowest BCUT2D eigenvalue weighted by atomic mass is 10.2. The quantitative estimate of drug-likeness (QED) is 0.916. The van der Waals surface area contributed by atoms with Crippen LogP contribution in [0.3, 0.4) is 0 Å². The van der Waals surface area contributed by atoms with Gasteiger partial charge in [-0.1, -0.05) is 16.1 Å². The van der Waals surface area contributed by atoms with E-state index in [1.54, 1.807) is 4.90 Å². The second-order valence-corrected chi connectivity index (χ2v) is 5.81. The van der Waals surface area contributed by atoms with Gasteiger partial charge in [-0.2, -0.15) is 13.2 Å². The number of amides is 1. The Bertz CT molecular complexity index is 481. The molecule has 1 aromatic rings. The number of carbonyl (C=O) groups is 1. The Kier molecular flexibility index (Phi) is 4.82. The number of rotatable bonds is 4. The summed E-state index contributed by atoms with van der Waals surface area (Å²) in [6.07, 6.45) is -3.13. The summed E-state index contributed by atoms with van der Waals surface area (Å²) in [4.78, 5) is 13.6. The van der Waals surface area contributed by atoms with Gasteiger partial charge in [0, 0.05) is 18.1 Å². The molecule has 112 valence electrons. The average Bonchev–Trinajstić information content (AvgIpc) is 2.96. The largest absolute Gasteiger partial charge is 0.405 e. The van der Waals surface area contributed by atoms with E-state index < -0.39 is 24.7 Å². The molecule has 0 radical (unpaired) electrons. The van der Waals surface area contributed by atoms with E-state index in [-0.39, 0.29) is 0 Å². The number of alkyl halides is 3. The van der Waals surface area contributed by atoms with Crippen molar-refractivity contribution in [2.75, 3.05) is 13.1 Å². The molecular formula is C10H12ClF3N4OS. The molecule has 1 aromatic heterocycles. The smallest absolute Gasteiger partial charge is 0.346 e. The third-order valence-electron chi connectivity index (χ3n) is 2.99. The Labute approximate surface area is 122 Å². The zero-order valence-electron chi connectivity index (χ0n) is 10.3. The first-order valence-electron chi connectivity index (χ1n) is 5.92. The molecule has 0 aliphatic carbocycles. The Balaban J connectivity index is 1.93. The average molecular weight is 329 g/mol. The first kappa shape index (κ1) is 15.5. The van der Waals surface area contributed by atoms with Crippen LogP contribution in [-0.2, 0) is 11.3 Å². The van der Waals surface area contributed by atoms with E-state index in [0.29, 0.717) is 29.5 Å². The van der Waals surface area contributed by atoms with Gasteiger partial charge in [0.1, 0.15) is 16.6 Å². The Morgan fingerprint density at radius 3 is 2.90 bits per heavy atom. The van der Waals surface area contributed by atoms with Crippen LogP contribution in [0.5, 0.6) is 0 Å².